The summed E-state index contributed by atoms with van der Waals surface area (Å²) in [5.41, 5.74) is 0.441. The largest absolute Gasteiger partial charge is 0.377 e. The summed E-state index contributed by atoms with van der Waals surface area (Å²) in [5, 5.41) is 11.7. The van der Waals surface area contributed by atoms with Crippen LogP contribution in [-0.4, -0.2) is 17.1 Å². The lowest BCUT2D eigenvalue weighted by atomic mass is 10.2. The van der Waals surface area contributed by atoms with Crippen LogP contribution in [0, 0.1) is 17.1 Å². The number of methoxy groups -OCH3 is 1. The van der Waals surface area contributed by atoms with E-state index in [9.17, 15) is 4.39 Å². The molecule has 2 aromatic rings. The summed E-state index contributed by atoms with van der Waals surface area (Å²) in [7, 11) is 1.51. The Bertz CT molecular complexity index is 672. The quantitative estimate of drug-likeness (QED) is 0.877. The van der Waals surface area contributed by atoms with E-state index in [0.29, 0.717) is 11.6 Å². The normalized spacial score (nSPS) is 10.1. The fourth-order valence-corrected chi connectivity index (χ4v) is 1.75. The third-order valence-electron chi connectivity index (χ3n) is 2.38. The number of hydrogen-bond donors (Lipinski definition) is 1. The van der Waals surface area contributed by atoms with E-state index >= 15 is 0 Å². The molecule has 0 unspecified atom stereocenters. The number of ether oxygens (including phenoxy) is 1. The Morgan fingerprint density at radius 3 is 2.85 bits per heavy atom. The van der Waals surface area contributed by atoms with E-state index in [4.69, 9.17) is 21.6 Å². The molecule has 102 valence electrons. The van der Waals surface area contributed by atoms with E-state index in [1.54, 1.807) is 0 Å². The fourth-order valence-electron chi connectivity index (χ4n) is 1.55. The number of nitrogens with zero attached hydrogens (tertiary/aromatic N) is 3. The molecule has 0 atom stereocenters. The van der Waals surface area contributed by atoms with Crippen LogP contribution in [0.3, 0.4) is 0 Å². The van der Waals surface area contributed by atoms with Gasteiger partial charge in [-0.3, -0.25) is 0 Å². The minimum Gasteiger partial charge on any atom is -0.377 e. The molecule has 0 bridgehead atoms. The van der Waals surface area contributed by atoms with Crippen LogP contribution >= 0.6 is 11.6 Å². The number of aromatic nitrogens is 2. The molecule has 20 heavy (non-hydrogen) atoms. The zero-order chi connectivity index (χ0) is 14.5. The maximum Gasteiger partial charge on any atom is 0.158 e. The molecule has 7 heteroatoms. The van der Waals surface area contributed by atoms with Gasteiger partial charge in [-0.2, -0.15) is 5.26 Å². The van der Waals surface area contributed by atoms with Crippen molar-refractivity contribution in [2.45, 2.75) is 6.61 Å². The second kappa shape index (κ2) is 6.28. The average Bonchev–Trinajstić information content (AvgIpc) is 2.41. The Morgan fingerprint density at radius 2 is 2.20 bits per heavy atom. The molecule has 0 fully saturated rings. The van der Waals surface area contributed by atoms with Crippen LogP contribution in [0.25, 0.3) is 0 Å². The molecule has 5 nitrogen and oxygen atoms in total. The number of rotatable bonds is 4. The first-order valence-electron chi connectivity index (χ1n) is 5.61. The van der Waals surface area contributed by atoms with Crippen molar-refractivity contribution in [3.8, 4) is 6.07 Å². The zero-order valence-corrected chi connectivity index (χ0v) is 11.3. The first-order valence-corrected chi connectivity index (χ1v) is 5.99. The van der Waals surface area contributed by atoms with Gasteiger partial charge in [-0.05, 0) is 18.2 Å². The third kappa shape index (κ3) is 3.41. The second-order valence-corrected chi connectivity index (χ2v) is 4.24. The van der Waals surface area contributed by atoms with E-state index in [-0.39, 0.29) is 23.0 Å². The lowest BCUT2D eigenvalue weighted by Gasteiger charge is -2.08. The van der Waals surface area contributed by atoms with E-state index < -0.39 is 5.82 Å². The number of nitriles is 1. The number of benzene rings is 1. The maximum atomic E-state index is 13.8. The number of nitrogens with one attached hydrogen (secondary N) is 1. The lowest BCUT2D eigenvalue weighted by molar-refractivity contribution is 0.178. The third-order valence-corrected chi connectivity index (χ3v) is 2.57. The van der Waals surface area contributed by atoms with Crippen LogP contribution in [0.4, 0.5) is 15.9 Å². The highest BCUT2D eigenvalue weighted by Crippen LogP contribution is 2.21. The van der Waals surface area contributed by atoms with Gasteiger partial charge in [0, 0.05) is 13.2 Å². The first kappa shape index (κ1) is 14.2. The molecule has 0 saturated carbocycles. The summed E-state index contributed by atoms with van der Waals surface area (Å²) < 4.78 is 18.7. The highest BCUT2D eigenvalue weighted by molar-refractivity contribution is 6.29. The van der Waals surface area contributed by atoms with Crippen LogP contribution < -0.4 is 5.32 Å². The van der Waals surface area contributed by atoms with Gasteiger partial charge < -0.3 is 10.1 Å². The van der Waals surface area contributed by atoms with Gasteiger partial charge in [0.25, 0.3) is 0 Å². The van der Waals surface area contributed by atoms with Crippen molar-refractivity contribution >= 4 is 23.1 Å². The summed E-state index contributed by atoms with van der Waals surface area (Å²) in [5.74, 6) is 0.185. The molecule has 1 heterocycles. The van der Waals surface area contributed by atoms with E-state index in [1.165, 1.54) is 25.3 Å². The van der Waals surface area contributed by atoms with E-state index in [2.05, 4.69) is 15.3 Å². The molecule has 0 aliphatic rings. The molecule has 0 spiro atoms. The summed E-state index contributed by atoms with van der Waals surface area (Å²) in [4.78, 5) is 8.11. The van der Waals surface area contributed by atoms with Crippen molar-refractivity contribution < 1.29 is 9.13 Å². The number of anilines is 2. The molecule has 1 aromatic carbocycles. The molecular weight excluding hydrogens is 283 g/mol. The van der Waals surface area contributed by atoms with Gasteiger partial charge in [0.15, 0.2) is 5.82 Å². The van der Waals surface area contributed by atoms with Crippen molar-refractivity contribution in [2.75, 3.05) is 12.4 Å². The Hall–Kier alpha value is -2.23. The maximum absolute atomic E-state index is 13.8. The van der Waals surface area contributed by atoms with Gasteiger partial charge in [0.05, 0.1) is 17.3 Å². The minimum atomic E-state index is -0.549. The van der Waals surface area contributed by atoms with Crippen LogP contribution in [0.1, 0.15) is 11.4 Å². The lowest BCUT2D eigenvalue weighted by Crippen LogP contribution is -2.02. The van der Waals surface area contributed by atoms with Gasteiger partial charge in [0.2, 0.25) is 0 Å². The Balaban J connectivity index is 2.28. The molecule has 2 rings (SSSR count). The topological polar surface area (TPSA) is 70.8 Å². The highest BCUT2D eigenvalue weighted by Gasteiger charge is 2.07. The molecule has 1 N–H and O–H groups in total. The van der Waals surface area contributed by atoms with Gasteiger partial charge >= 0.3 is 0 Å². The molecular formula is C13H10ClFN4O. The zero-order valence-electron chi connectivity index (χ0n) is 10.5. The highest BCUT2D eigenvalue weighted by atomic mass is 35.5. The smallest absolute Gasteiger partial charge is 0.158 e. The number of hydrogen-bond acceptors (Lipinski definition) is 5. The Kier molecular flexibility index (Phi) is 4.45. The van der Waals surface area contributed by atoms with E-state index in [1.807, 2.05) is 6.07 Å². The van der Waals surface area contributed by atoms with Gasteiger partial charge in [-0.1, -0.05) is 11.6 Å². The Morgan fingerprint density at radius 1 is 1.40 bits per heavy atom. The molecule has 0 amide bonds. The molecule has 0 aliphatic heterocycles. The van der Waals surface area contributed by atoms with Crippen molar-refractivity contribution in [3.05, 3.63) is 46.6 Å². The van der Waals surface area contributed by atoms with Gasteiger partial charge in [-0.15, -0.1) is 0 Å². The standard InChI is InChI=1S/C13H10ClFN4O/c1-20-7-13-18-11(14)5-12(19-13)17-10-3-2-8(6-16)4-9(10)15/h2-5H,7H2,1H3,(H,17,18,19). The second-order valence-electron chi connectivity index (χ2n) is 3.86. The summed E-state index contributed by atoms with van der Waals surface area (Å²) in [6, 6.07) is 7.44. The van der Waals surface area contributed by atoms with Crippen molar-refractivity contribution in [1.29, 1.82) is 5.26 Å². The monoisotopic (exact) mass is 292 g/mol. The number of halogens is 2. The average molecular weight is 293 g/mol. The summed E-state index contributed by atoms with van der Waals surface area (Å²) in [6.45, 7) is 0.199. The van der Waals surface area contributed by atoms with Crippen molar-refractivity contribution in [2.24, 2.45) is 0 Å². The molecule has 0 saturated heterocycles. The summed E-state index contributed by atoms with van der Waals surface area (Å²) >= 11 is 5.86. The fraction of sp³-hybridized carbons (Fsp3) is 0.154. The van der Waals surface area contributed by atoms with Crippen LogP contribution in [-0.2, 0) is 11.3 Å². The Labute approximate surface area is 120 Å². The molecule has 0 radical (unpaired) electrons. The van der Waals surface area contributed by atoms with Crippen LogP contribution in [0.5, 0.6) is 0 Å². The van der Waals surface area contributed by atoms with Crippen molar-refractivity contribution in [3.63, 3.8) is 0 Å². The predicted octanol–water partition coefficient (Wildman–Crippen LogP) is 3.03. The van der Waals surface area contributed by atoms with Crippen LogP contribution in [0.2, 0.25) is 5.15 Å². The molecule has 0 aliphatic carbocycles. The first-order chi connectivity index (χ1) is 9.62. The van der Waals surface area contributed by atoms with Crippen molar-refractivity contribution in [1.82, 2.24) is 9.97 Å². The van der Waals surface area contributed by atoms with Gasteiger partial charge in [-0.25, -0.2) is 14.4 Å². The predicted molar refractivity (Wildman–Crippen MR) is 72.2 cm³/mol. The SMILES string of the molecule is COCc1nc(Cl)cc(Nc2ccc(C#N)cc2F)n1. The molecule has 1 aromatic heterocycles. The van der Waals surface area contributed by atoms with E-state index in [0.717, 1.165) is 6.07 Å². The van der Waals surface area contributed by atoms with Gasteiger partial charge in [0.1, 0.15) is 23.4 Å². The minimum absolute atomic E-state index is 0.196. The summed E-state index contributed by atoms with van der Waals surface area (Å²) in [6.07, 6.45) is 0. The van der Waals surface area contributed by atoms with Crippen LogP contribution in [0.15, 0.2) is 24.3 Å².